The summed E-state index contributed by atoms with van der Waals surface area (Å²) >= 11 is 0. The second-order valence-electron chi connectivity index (χ2n) is 7.96. The molecule has 0 unspecified atom stereocenters. The SMILES string of the molecule is COc1ccc([B-](c2ccc(OC)cc2)(c2ccc(OC)cc2)c2ccc(OC)cc2)cc1.[H+]. The number of hydrogen-bond donors (Lipinski definition) is 0. The van der Waals surface area contributed by atoms with Crippen LogP contribution in [0.25, 0.3) is 0 Å². The van der Waals surface area contributed by atoms with E-state index in [1.54, 1.807) is 28.4 Å². The summed E-state index contributed by atoms with van der Waals surface area (Å²) in [6.07, 6.45) is -1.52. The monoisotopic (exact) mass is 440 g/mol. The van der Waals surface area contributed by atoms with Crippen molar-refractivity contribution in [1.82, 2.24) is 0 Å². The molecule has 0 saturated carbocycles. The van der Waals surface area contributed by atoms with Crippen molar-refractivity contribution in [1.29, 1.82) is 0 Å². The number of methoxy groups -OCH3 is 4. The molecule has 0 spiro atoms. The van der Waals surface area contributed by atoms with Gasteiger partial charge in [0.1, 0.15) is 29.1 Å². The minimum Gasteiger partial charge on any atom is -0.497 e. The van der Waals surface area contributed by atoms with E-state index in [0.29, 0.717) is 0 Å². The topological polar surface area (TPSA) is 36.9 Å². The summed E-state index contributed by atoms with van der Waals surface area (Å²) in [6.45, 7) is 0. The predicted molar refractivity (Wildman–Crippen MR) is 137 cm³/mol. The summed E-state index contributed by atoms with van der Waals surface area (Å²) in [5.74, 6) is 3.29. The Morgan fingerprint density at radius 3 is 0.697 bits per heavy atom. The van der Waals surface area contributed by atoms with E-state index in [0.717, 1.165) is 23.0 Å². The van der Waals surface area contributed by atoms with Crippen LogP contribution in [0.2, 0.25) is 0 Å². The zero-order valence-electron chi connectivity index (χ0n) is 20.4. The molecule has 0 fully saturated rings. The van der Waals surface area contributed by atoms with Gasteiger partial charge in [-0.3, -0.25) is 0 Å². The molecule has 0 saturated heterocycles. The zero-order valence-corrected chi connectivity index (χ0v) is 19.4. The molecule has 0 bridgehead atoms. The van der Waals surface area contributed by atoms with Gasteiger partial charge in [-0.1, -0.05) is 48.5 Å². The third-order valence-corrected chi connectivity index (χ3v) is 6.46. The van der Waals surface area contributed by atoms with Crippen molar-refractivity contribution in [3.8, 4) is 23.0 Å². The molecule has 33 heavy (non-hydrogen) atoms. The van der Waals surface area contributed by atoms with Crippen LogP contribution in [0.15, 0.2) is 97.1 Å². The first-order chi connectivity index (χ1) is 16.1. The highest BCUT2D eigenvalue weighted by atomic mass is 16.5. The lowest BCUT2D eigenvalue weighted by Crippen LogP contribution is -2.74. The van der Waals surface area contributed by atoms with E-state index < -0.39 is 6.15 Å². The van der Waals surface area contributed by atoms with E-state index in [-0.39, 0.29) is 1.43 Å². The summed E-state index contributed by atoms with van der Waals surface area (Å²) in [6, 6.07) is 33.3. The van der Waals surface area contributed by atoms with Crippen LogP contribution >= 0.6 is 0 Å². The van der Waals surface area contributed by atoms with Gasteiger partial charge in [-0.2, -0.15) is 21.9 Å². The molecule has 0 amide bonds. The fourth-order valence-corrected chi connectivity index (χ4v) is 4.73. The standard InChI is InChI=1S/C28H28BO4/c1-30-25-13-5-21(6-14-25)29(22-7-15-26(31-2)16-8-22,23-9-17-27(32-3)18-10-23)24-11-19-28(33-4)20-12-24/h5-20H,1-4H3/q-1/p+1. The molecular formula is C28H29BO4. The summed E-state index contributed by atoms with van der Waals surface area (Å²) in [4.78, 5) is 0. The highest BCUT2D eigenvalue weighted by Crippen LogP contribution is 2.18. The van der Waals surface area contributed by atoms with Crippen molar-refractivity contribution in [2.75, 3.05) is 28.4 Å². The molecule has 4 aromatic carbocycles. The Morgan fingerprint density at radius 1 is 0.364 bits per heavy atom. The molecule has 0 aliphatic rings. The molecule has 0 N–H and O–H groups in total. The van der Waals surface area contributed by atoms with E-state index in [2.05, 4.69) is 48.5 Å². The third kappa shape index (κ3) is 4.14. The first-order valence-electron chi connectivity index (χ1n) is 10.9. The minimum atomic E-state index is -1.52. The molecule has 0 radical (unpaired) electrons. The average molecular weight is 440 g/mol. The van der Waals surface area contributed by atoms with E-state index in [9.17, 15) is 0 Å². The Kier molecular flexibility index (Phi) is 6.59. The molecule has 4 nitrogen and oxygen atoms in total. The average Bonchev–Trinajstić information content (AvgIpc) is 2.90. The maximum atomic E-state index is 5.45. The quantitative estimate of drug-likeness (QED) is 0.395. The zero-order chi connectivity index (χ0) is 23.3. The number of rotatable bonds is 8. The largest absolute Gasteiger partial charge is 1.00 e. The van der Waals surface area contributed by atoms with Gasteiger partial charge in [0.15, 0.2) is 0 Å². The van der Waals surface area contributed by atoms with Gasteiger partial charge in [-0.05, 0) is 48.5 Å². The molecular weight excluding hydrogens is 411 g/mol. The van der Waals surface area contributed by atoms with Crippen LogP contribution in [0, 0.1) is 0 Å². The van der Waals surface area contributed by atoms with Crippen LogP contribution < -0.4 is 40.8 Å². The fourth-order valence-electron chi connectivity index (χ4n) is 4.73. The van der Waals surface area contributed by atoms with Crippen molar-refractivity contribution >= 4 is 28.0 Å². The summed E-state index contributed by atoms with van der Waals surface area (Å²) in [5.41, 5.74) is 4.71. The van der Waals surface area contributed by atoms with Crippen molar-refractivity contribution in [3.05, 3.63) is 97.1 Å². The molecule has 0 aliphatic heterocycles. The van der Waals surface area contributed by atoms with Crippen LogP contribution in [0.4, 0.5) is 0 Å². The van der Waals surface area contributed by atoms with Crippen molar-refractivity contribution in [2.24, 2.45) is 0 Å². The Bertz CT molecular complexity index is 980. The number of benzene rings is 4. The summed E-state index contributed by atoms with van der Waals surface area (Å²) < 4.78 is 21.8. The maximum absolute atomic E-state index is 5.45. The Labute approximate surface area is 197 Å². The highest BCUT2D eigenvalue weighted by molar-refractivity contribution is 7.19. The molecule has 4 aromatic rings. The minimum absolute atomic E-state index is 0. The van der Waals surface area contributed by atoms with Gasteiger partial charge in [0.25, 0.3) is 0 Å². The third-order valence-electron chi connectivity index (χ3n) is 6.46. The molecule has 4 rings (SSSR count). The van der Waals surface area contributed by atoms with E-state index in [4.69, 9.17) is 18.9 Å². The molecule has 0 aliphatic carbocycles. The van der Waals surface area contributed by atoms with E-state index in [1.165, 1.54) is 21.9 Å². The molecule has 5 heteroatoms. The van der Waals surface area contributed by atoms with Gasteiger partial charge >= 0.3 is 1.43 Å². The first-order valence-corrected chi connectivity index (χ1v) is 10.9. The molecule has 0 atom stereocenters. The Morgan fingerprint density at radius 2 is 0.545 bits per heavy atom. The fraction of sp³-hybridized carbons (Fsp3) is 0.143. The maximum Gasteiger partial charge on any atom is 1.00 e. The van der Waals surface area contributed by atoms with Gasteiger partial charge in [-0.15, -0.1) is 0 Å². The predicted octanol–water partition coefficient (Wildman–Crippen LogP) is 3.21. The van der Waals surface area contributed by atoms with Gasteiger partial charge in [0.2, 0.25) is 0 Å². The first kappa shape index (κ1) is 22.3. The Hall–Kier alpha value is -3.86. The molecule has 0 aromatic heterocycles. The lowest BCUT2D eigenvalue weighted by molar-refractivity contribution is 0.415. The van der Waals surface area contributed by atoms with Crippen LogP contribution in [-0.4, -0.2) is 34.6 Å². The second kappa shape index (κ2) is 9.74. The smallest absolute Gasteiger partial charge is 0.497 e. The van der Waals surface area contributed by atoms with Crippen molar-refractivity contribution in [3.63, 3.8) is 0 Å². The van der Waals surface area contributed by atoms with Crippen LogP contribution in [-0.2, 0) is 0 Å². The Balaban J connectivity index is 0.00000324. The normalized spacial score (nSPS) is 11.0. The number of ether oxygens (including phenoxy) is 4. The van der Waals surface area contributed by atoms with Gasteiger partial charge in [0, 0.05) is 0 Å². The van der Waals surface area contributed by atoms with Gasteiger partial charge < -0.3 is 18.9 Å². The number of hydrogen-bond acceptors (Lipinski definition) is 4. The molecule has 168 valence electrons. The lowest BCUT2D eigenvalue weighted by Gasteiger charge is -2.44. The van der Waals surface area contributed by atoms with Crippen LogP contribution in [0.1, 0.15) is 1.43 Å². The summed E-state index contributed by atoms with van der Waals surface area (Å²) in [7, 11) is 6.74. The molecule has 0 heterocycles. The van der Waals surface area contributed by atoms with Crippen LogP contribution in [0.3, 0.4) is 0 Å². The van der Waals surface area contributed by atoms with Gasteiger partial charge in [0.05, 0.1) is 28.4 Å². The van der Waals surface area contributed by atoms with E-state index >= 15 is 0 Å². The highest BCUT2D eigenvalue weighted by Gasteiger charge is 2.32. The van der Waals surface area contributed by atoms with Crippen molar-refractivity contribution < 1.29 is 20.4 Å². The second-order valence-corrected chi connectivity index (χ2v) is 7.96. The van der Waals surface area contributed by atoms with E-state index in [1.807, 2.05) is 48.5 Å². The summed E-state index contributed by atoms with van der Waals surface area (Å²) in [5, 5.41) is 0. The van der Waals surface area contributed by atoms with Gasteiger partial charge in [-0.25, -0.2) is 0 Å². The lowest BCUT2D eigenvalue weighted by atomic mass is 9.13. The van der Waals surface area contributed by atoms with Crippen molar-refractivity contribution in [2.45, 2.75) is 0 Å². The van der Waals surface area contributed by atoms with Crippen LogP contribution in [0.5, 0.6) is 23.0 Å².